The van der Waals surface area contributed by atoms with Crippen molar-refractivity contribution in [3.63, 3.8) is 0 Å². The number of rotatable bonds is 8. The second-order valence-electron chi connectivity index (χ2n) is 5.95. The van der Waals surface area contributed by atoms with E-state index in [1.165, 1.54) is 0 Å². The van der Waals surface area contributed by atoms with Crippen LogP contribution in [0.15, 0.2) is 24.3 Å². The van der Waals surface area contributed by atoms with Gasteiger partial charge in [0.2, 0.25) is 0 Å². The number of hydrogen-bond acceptors (Lipinski definition) is 3. The number of aliphatic hydroxyl groups is 1. The van der Waals surface area contributed by atoms with Crippen LogP contribution in [-0.2, 0) is 0 Å². The molecule has 0 saturated heterocycles. The standard InChI is InChI=1S/C17H29NO2/c1-6-11-20-15-9-7-14(8-10-15)17(19)16(12(2)3)18-13(4)5/h7-10,12-13,16-19H,6,11H2,1-5H3. The molecule has 1 aromatic rings. The maximum atomic E-state index is 10.6. The van der Waals surface area contributed by atoms with Crippen molar-refractivity contribution >= 4 is 0 Å². The van der Waals surface area contributed by atoms with Crippen molar-refractivity contribution in [2.24, 2.45) is 5.92 Å². The zero-order valence-corrected chi connectivity index (χ0v) is 13.4. The molecule has 0 aliphatic rings. The highest BCUT2D eigenvalue weighted by Crippen LogP contribution is 2.24. The van der Waals surface area contributed by atoms with E-state index in [-0.39, 0.29) is 6.04 Å². The molecule has 3 nitrogen and oxygen atoms in total. The molecule has 0 spiro atoms. The zero-order valence-electron chi connectivity index (χ0n) is 13.4. The maximum absolute atomic E-state index is 10.6. The van der Waals surface area contributed by atoms with E-state index in [4.69, 9.17) is 4.74 Å². The van der Waals surface area contributed by atoms with Crippen LogP contribution in [0, 0.1) is 5.92 Å². The van der Waals surface area contributed by atoms with E-state index in [0.29, 0.717) is 12.0 Å². The smallest absolute Gasteiger partial charge is 0.119 e. The summed E-state index contributed by atoms with van der Waals surface area (Å²) < 4.78 is 5.57. The predicted octanol–water partition coefficient (Wildman–Crippen LogP) is 3.53. The Bertz CT molecular complexity index is 373. The summed E-state index contributed by atoms with van der Waals surface area (Å²) in [7, 11) is 0. The summed E-state index contributed by atoms with van der Waals surface area (Å²) in [5.74, 6) is 1.23. The second kappa shape index (κ2) is 8.28. The average molecular weight is 279 g/mol. The molecule has 0 radical (unpaired) electrons. The third-order valence-electron chi connectivity index (χ3n) is 3.28. The van der Waals surface area contributed by atoms with Gasteiger partial charge in [0.05, 0.1) is 12.7 Å². The van der Waals surface area contributed by atoms with E-state index >= 15 is 0 Å². The molecule has 2 unspecified atom stereocenters. The maximum Gasteiger partial charge on any atom is 0.119 e. The largest absolute Gasteiger partial charge is 0.494 e. The van der Waals surface area contributed by atoms with Crippen LogP contribution >= 0.6 is 0 Å². The molecule has 1 rings (SSSR count). The molecule has 0 amide bonds. The third kappa shape index (κ3) is 5.14. The van der Waals surface area contributed by atoms with Gasteiger partial charge in [-0.3, -0.25) is 0 Å². The number of hydrogen-bond donors (Lipinski definition) is 2. The first-order chi connectivity index (χ1) is 9.45. The van der Waals surface area contributed by atoms with Crippen molar-refractivity contribution in [3.8, 4) is 5.75 Å². The van der Waals surface area contributed by atoms with Gasteiger partial charge in [-0.05, 0) is 30.0 Å². The molecular formula is C17H29NO2. The normalized spacial score (nSPS) is 14.6. The van der Waals surface area contributed by atoms with E-state index in [2.05, 4.69) is 39.9 Å². The predicted molar refractivity (Wildman–Crippen MR) is 84.1 cm³/mol. The molecule has 3 heteroatoms. The number of benzene rings is 1. The SMILES string of the molecule is CCCOc1ccc(C(O)C(NC(C)C)C(C)C)cc1. The first-order valence-corrected chi connectivity index (χ1v) is 7.62. The van der Waals surface area contributed by atoms with Crippen molar-refractivity contribution < 1.29 is 9.84 Å². The van der Waals surface area contributed by atoms with Crippen LogP contribution in [0.1, 0.15) is 52.7 Å². The van der Waals surface area contributed by atoms with Gasteiger partial charge < -0.3 is 15.2 Å². The van der Waals surface area contributed by atoms with Gasteiger partial charge in [-0.25, -0.2) is 0 Å². The quantitative estimate of drug-likeness (QED) is 0.765. The van der Waals surface area contributed by atoms with Gasteiger partial charge >= 0.3 is 0 Å². The Kier molecular flexibility index (Phi) is 7.03. The molecule has 0 heterocycles. The zero-order chi connectivity index (χ0) is 15.1. The van der Waals surface area contributed by atoms with Crippen molar-refractivity contribution in [2.75, 3.05) is 6.61 Å². The van der Waals surface area contributed by atoms with Gasteiger partial charge in [0.1, 0.15) is 5.75 Å². The highest BCUT2D eigenvalue weighted by atomic mass is 16.5. The Morgan fingerprint density at radius 3 is 2.15 bits per heavy atom. The molecule has 2 atom stereocenters. The fourth-order valence-electron chi connectivity index (χ4n) is 2.22. The molecule has 2 N–H and O–H groups in total. The molecule has 0 aromatic heterocycles. The first-order valence-electron chi connectivity index (χ1n) is 7.62. The van der Waals surface area contributed by atoms with Crippen molar-refractivity contribution in [1.29, 1.82) is 0 Å². The molecule has 0 aliphatic carbocycles. The van der Waals surface area contributed by atoms with Crippen LogP contribution in [0.3, 0.4) is 0 Å². The fraction of sp³-hybridized carbons (Fsp3) is 0.647. The molecule has 114 valence electrons. The van der Waals surface area contributed by atoms with Gasteiger partial charge in [0.15, 0.2) is 0 Å². The lowest BCUT2D eigenvalue weighted by Gasteiger charge is -2.29. The summed E-state index contributed by atoms with van der Waals surface area (Å²) in [5.41, 5.74) is 0.931. The molecule has 0 saturated carbocycles. The highest BCUT2D eigenvalue weighted by molar-refractivity contribution is 5.29. The van der Waals surface area contributed by atoms with Crippen molar-refractivity contribution in [2.45, 2.75) is 59.2 Å². The number of aliphatic hydroxyl groups excluding tert-OH is 1. The van der Waals surface area contributed by atoms with Crippen molar-refractivity contribution in [3.05, 3.63) is 29.8 Å². The molecular weight excluding hydrogens is 250 g/mol. The first kappa shape index (κ1) is 17.0. The summed E-state index contributed by atoms with van der Waals surface area (Å²) in [5, 5.41) is 14.0. The minimum Gasteiger partial charge on any atom is -0.494 e. The molecule has 0 fully saturated rings. The second-order valence-corrected chi connectivity index (χ2v) is 5.95. The van der Waals surface area contributed by atoms with Crippen LogP contribution in [0.4, 0.5) is 0 Å². The lowest BCUT2D eigenvalue weighted by molar-refractivity contribution is 0.100. The van der Waals surface area contributed by atoms with E-state index in [9.17, 15) is 5.11 Å². The topological polar surface area (TPSA) is 41.5 Å². The van der Waals surface area contributed by atoms with E-state index in [0.717, 1.165) is 24.3 Å². The van der Waals surface area contributed by atoms with Crippen LogP contribution in [0.25, 0.3) is 0 Å². The lowest BCUT2D eigenvalue weighted by atomic mass is 9.93. The highest BCUT2D eigenvalue weighted by Gasteiger charge is 2.24. The Morgan fingerprint density at radius 1 is 1.10 bits per heavy atom. The molecule has 20 heavy (non-hydrogen) atoms. The van der Waals surface area contributed by atoms with E-state index < -0.39 is 6.10 Å². The molecule has 0 bridgehead atoms. The summed E-state index contributed by atoms with van der Waals surface area (Å²) in [6.45, 7) is 11.3. The van der Waals surface area contributed by atoms with Gasteiger partial charge in [0, 0.05) is 12.1 Å². The Labute approximate surface area is 123 Å². The lowest BCUT2D eigenvalue weighted by Crippen LogP contribution is -2.42. The van der Waals surface area contributed by atoms with E-state index in [1.54, 1.807) is 0 Å². The van der Waals surface area contributed by atoms with Gasteiger partial charge in [0.25, 0.3) is 0 Å². The van der Waals surface area contributed by atoms with Crippen LogP contribution in [-0.4, -0.2) is 23.8 Å². The summed E-state index contributed by atoms with van der Waals surface area (Å²) >= 11 is 0. The van der Waals surface area contributed by atoms with Gasteiger partial charge in [-0.15, -0.1) is 0 Å². The van der Waals surface area contributed by atoms with Gasteiger partial charge in [-0.1, -0.05) is 46.8 Å². The van der Waals surface area contributed by atoms with Crippen molar-refractivity contribution in [1.82, 2.24) is 5.32 Å². The number of nitrogens with one attached hydrogen (secondary N) is 1. The van der Waals surface area contributed by atoms with E-state index in [1.807, 2.05) is 24.3 Å². The van der Waals surface area contributed by atoms with Crippen LogP contribution in [0.2, 0.25) is 0 Å². The average Bonchev–Trinajstić information content (AvgIpc) is 2.42. The molecule has 0 aliphatic heterocycles. The molecule has 1 aromatic carbocycles. The Hall–Kier alpha value is -1.06. The fourth-order valence-corrected chi connectivity index (χ4v) is 2.22. The van der Waals surface area contributed by atoms with Crippen LogP contribution in [0.5, 0.6) is 5.75 Å². The minimum atomic E-state index is -0.502. The summed E-state index contributed by atoms with van der Waals surface area (Å²) in [6, 6.07) is 8.17. The monoisotopic (exact) mass is 279 g/mol. The third-order valence-corrected chi connectivity index (χ3v) is 3.28. The Morgan fingerprint density at radius 2 is 1.70 bits per heavy atom. The number of ether oxygens (including phenoxy) is 1. The Balaban J connectivity index is 2.75. The van der Waals surface area contributed by atoms with Gasteiger partial charge in [-0.2, -0.15) is 0 Å². The van der Waals surface area contributed by atoms with Crippen LogP contribution < -0.4 is 10.1 Å². The summed E-state index contributed by atoms with van der Waals surface area (Å²) in [4.78, 5) is 0. The minimum absolute atomic E-state index is 0.0532. The summed E-state index contributed by atoms with van der Waals surface area (Å²) in [6.07, 6.45) is 0.496.